The van der Waals surface area contributed by atoms with Crippen molar-refractivity contribution in [3.05, 3.63) is 66.4 Å². The van der Waals surface area contributed by atoms with Crippen molar-refractivity contribution in [2.75, 3.05) is 14.2 Å². The second-order valence-corrected chi connectivity index (χ2v) is 4.82. The lowest BCUT2D eigenvalue weighted by molar-refractivity contribution is -0.0756. The van der Waals surface area contributed by atoms with Crippen LogP contribution >= 0.6 is 0 Å². The zero-order chi connectivity index (χ0) is 16.4. The lowest BCUT2D eigenvalue weighted by Crippen LogP contribution is -2.26. The molecule has 3 rings (SSSR count). The second kappa shape index (κ2) is 6.05. The van der Waals surface area contributed by atoms with Gasteiger partial charge in [-0.2, -0.15) is 5.10 Å². The topological polar surface area (TPSA) is 52.3 Å². The van der Waals surface area contributed by atoms with Crippen LogP contribution in [0.25, 0.3) is 11.5 Å². The molecule has 1 aromatic carbocycles. The van der Waals surface area contributed by atoms with Crippen LogP contribution in [0.5, 0.6) is 0 Å². The molecule has 0 fully saturated rings. The molecule has 23 heavy (non-hydrogen) atoms. The van der Waals surface area contributed by atoms with Gasteiger partial charge in [-0.25, -0.2) is 14.1 Å². The normalized spacial score (nSPS) is 10.7. The summed E-state index contributed by atoms with van der Waals surface area (Å²) in [5.41, 5.74) is 0.559. The highest BCUT2D eigenvalue weighted by Crippen LogP contribution is 2.22. The number of para-hydroxylation sites is 1. The Bertz CT molecular complexity index is 826. The fraction of sp³-hybridized carbons (Fsp3) is 0.125. The Morgan fingerprint density at radius 1 is 1.22 bits per heavy atom. The van der Waals surface area contributed by atoms with Gasteiger partial charge in [-0.15, -0.1) is 0 Å². The van der Waals surface area contributed by atoms with Gasteiger partial charge in [0.15, 0.2) is 5.82 Å². The van der Waals surface area contributed by atoms with Gasteiger partial charge in [-0.05, 0) is 24.3 Å². The molecule has 118 valence electrons. The molecule has 0 saturated carbocycles. The third-order valence-corrected chi connectivity index (χ3v) is 3.46. The fourth-order valence-corrected chi connectivity index (χ4v) is 2.27. The van der Waals surface area contributed by atoms with Crippen molar-refractivity contribution < 1.29 is 14.0 Å². The van der Waals surface area contributed by atoms with Crippen molar-refractivity contribution in [2.45, 2.75) is 0 Å². The predicted octanol–water partition coefficient (Wildman–Crippen LogP) is 2.44. The van der Waals surface area contributed by atoms with E-state index in [1.807, 2.05) is 12.1 Å². The van der Waals surface area contributed by atoms with Gasteiger partial charge in [-0.3, -0.25) is 9.63 Å². The van der Waals surface area contributed by atoms with Gasteiger partial charge in [0.2, 0.25) is 0 Å². The smallest absolute Gasteiger partial charge is 0.282 e. The molecule has 6 nitrogen and oxygen atoms in total. The maximum Gasteiger partial charge on any atom is 0.282 e. The van der Waals surface area contributed by atoms with E-state index in [-0.39, 0.29) is 11.6 Å². The Balaban J connectivity index is 2.21. The van der Waals surface area contributed by atoms with Crippen LogP contribution in [0, 0.1) is 5.82 Å². The number of aromatic nitrogens is 3. The molecule has 2 heterocycles. The van der Waals surface area contributed by atoms with Crippen LogP contribution in [-0.4, -0.2) is 39.5 Å². The van der Waals surface area contributed by atoms with Crippen LogP contribution in [0.2, 0.25) is 0 Å². The quantitative estimate of drug-likeness (QED) is 0.695. The van der Waals surface area contributed by atoms with Gasteiger partial charge in [0.25, 0.3) is 5.91 Å². The minimum absolute atomic E-state index is 0.260. The average Bonchev–Trinajstić information content (AvgIpc) is 3.22. The molecule has 7 heteroatoms. The first-order valence-electron chi connectivity index (χ1n) is 6.92. The Morgan fingerprint density at radius 2 is 1.91 bits per heavy atom. The summed E-state index contributed by atoms with van der Waals surface area (Å²) < 4.78 is 17.2. The molecule has 2 aromatic heterocycles. The van der Waals surface area contributed by atoms with E-state index in [1.165, 1.54) is 31.1 Å². The first-order valence-corrected chi connectivity index (χ1v) is 6.92. The fourth-order valence-electron chi connectivity index (χ4n) is 2.27. The molecule has 0 aliphatic carbocycles. The van der Waals surface area contributed by atoms with Crippen molar-refractivity contribution in [1.82, 2.24) is 19.4 Å². The molecule has 0 spiro atoms. The number of carbonyl (C=O) groups is 1. The highest BCUT2D eigenvalue weighted by atomic mass is 19.1. The van der Waals surface area contributed by atoms with E-state index in [1.54, 1.807) is 35.2 Å². The van der Waals surface area contributed by atoms with Crippen LogP contribution in [0.15, 0.2) is 55.0 Å². The molecule has 0 aliphatic rings. The van der Waals surface area contributed by atoms with Gasteiger partial charge >= 0.3 is 0 Å². The Hall–Kier alpha value is -2.93. The van der Waals surface area contributed by atoms with E-state index in [0.717, 1.165) is 5.06 Å². The summed E-state index contributed by atoms with van der Waals surface area (Å²) in [6.07, 6.45) is 4.93. The van der Waals surface area contributed by atoms with E-state index < -0.39 is 5.82 Å². The minimum Gasteiger partial charge on any atom is -0.308 e. The molecular formula is C16H15FN4O2. The monoisotopic (exact) mass is 314 g/mol. The number of hydrogen-bond donors (Lipinski definition) is 0. The number of amides is 1. The summed E-state index contributed by atoms with van der Waals surface area (Å²) in [6.45, 7) is 0. The molecule has 1 amide bonds. The Morgan fingerprint density at radius 3 is 2.57 bits per heavy atom. The molecule has 0 radical (unpaired) electrons. The lowest BCUT2D eigenvalue weighted by Gasteiger charge is -2.15. The van der Waals surface area contributed by atoms with Gasteiger partial charge in [0.1, 0.15) is 17.1 Å². The SMILES string of the molecule is CON(C)C(=O)c1cnn(-c2ccccc2F)c1-n1cccc1. The molecule has 0 saturated heterocycles. The Kier molecular flexibility index (Phi) is 3.94. The summed E-state index contributed by atoms with van der Waals surface area (Å²) in [5, 5.41) is 5.29. The molecule has 0 unspecified atom stereocenters. The van der Waals surface area contributed by atoms with E-state index in [4.69, 9.17) is 4.84 Å². The third-order valence-electron chi connectivity index (χ3n) is 3.46. The van der Waals surface area contributed by atoms with Crippen molar-refractivity contribution in [2.24, 2.45) is 0 Å². The standard InChI is InChI=1S/C16H15FN4O2/c1-19(23-2)16(22)12-11-18-21(14-8-4-3-7-13(14)17)15(12)20-9-5-6-10-20/h3-11H,1-2H3. The van der Waals surface area contributed by atoms with Gasteiger partial charge in [-0.1, -0.05) is 12.1 Å². The molecule has 0 aliphatic heterocycles. The average molecular weight is 314 g/mol. The second-order valence-electron chi connectivity index (χ2n) is 4.82. The first kappa shape index (κ1) is 15.0. The van der Waals surface area contributed by atoms with E-state index in [0.29, 0.717) is 11.4 Å². The predicted molar refractivity (Wildman–Crippen MR) is 82.0 cm³/mol. The zero-order valence-electron chi connectivity index (χ0n) is 12.7. The van der Waals surface area contributed by atoms with E-state index >= 15 is 0 Å². The Labute approximate surface area is 132 Å². The number of hydrogen-bond acceptors (Lipinski definition) is 3. The van der Waals surface area contributed by atoms with Crippen molar-refractivity contribution in [3.8, 4) is 11.5 Å². The van der Waals surface area contributed by atoms with Gasteiger partial charge < -0.3 is 4.57 Å². The number of rotatable bonds is 4. The number of carbonyl (C=O) groups excluding carboxylic acids is 1. The lowest BCUT2D eigenvalue weighted by atomic mass is 10.2. The van der Waals surface area contributed by atoms with Gasteiger partial charge in [0.05, 0.1) is 13.3 Å². The summed E-state index contributed by atoms with van der Waals surface area (Å²) in [6, 6.07) is 9.88. The van der Waals surface area contributed by atoms with Crippen molar-refractivity contribution in [1.29, 1.82) is 0 Å². The molecule has 3 aromatic rings. The summed E-state index contributed by atoms with van der Waals surface area (Å²) in [7, 11) is 2.90. The number of hydroxylamine groups is 2. The minimum atomic E-state index is -0.428. The summed E-state index contributed by atoms with van der Waals surface area (Å²) >= 11 is 0. The highest BCUT2D eigenvalue weighted by molar-refractivity contribution is 5.96. The van der Waals surface area contributed by atoms with E-state index in [2.05, 4.69) is 5.10 Å². The van der Waals surface area contributed by atoms with Crippen LogP contribution in [0.1, 0.15) is 10.4 Å². The number of nitrogens with zero attached hydrogens (tertiary/aromatic N) is 4. The number of halogens is 1. The van der Waals surface area contributed by atoms with Crippen molar-refractivity contribution in [3.63, 3.8) is 0 Å². The number of benzene rings is 1. The van der Waals surface area contributed by atoms with Crippen molar-refractivity contribution >= 4 is 5.91 Å². The largest absolute Gasteiger partial charge is 0.308 e. The molecular weight excluding hydrogens is 299 g/mol. The first-order chi connectivity index (χ1) is 11.1. The van der Waals surface area contributed by atoms with Gasteiger partial charge in [0, 0.05) is 19.4 Å². The third kappa shape index (κ3) is 2.62. The van der Waals surface area contributed by atoms with Crippen LogP contribution in [0.3, 0.4) is 0 Å². The van der Waals surface area contributed by atoms with E-state index in [9.17, 15) is 9.18 Å². The highest BCUT2D eigenvalue weighted by Gasteiger charge is 2.23. The molecule has 0 N–H and O–H groups in total. The molecule has 0 bridgehead atoms. The maximum atomic E-state index is 14.1. The van der Waals surface area contributed by atoms with Crippen LogP contribution < -0.4 is 0 Å². The summed E-state index contributed by atoms with van der Waals surface area (Å²) in [5.74, 6) is -0.365. The van der Waals surface area contributed by atoms with Crippen LogP contribution in [0.4, 0.5) is 4.39 Å². The molecule has 0 atom stereocenters. The summed E-state index contributed by atoms with van der Waals surface area (Å²) in [4.78, 5) is 17.4. The van der Waals surface area contributed by atoms with Crippen LogP contribution in [-0.2, 0) is 4.84 Å². The zero-order valence-corrected chi connectivity index (χ0v) is 12.7. The maximum absolute atomic E-state index is 14.1.